The molecule has 0 radical (unpaired) electrons. The summed E-state index contributed by atoms with van der Waals surface area (Å²) < 4.78 is 4.83. The molecule has 0 spiro atoms. The summed E-state index contributed by atoms with van der Waals surface area (Å²) in [6, 6.07) is 0. The zero-order chi connectivity index (χ0) is 10.7. The summed E-state index contributed by atoms with van der Waals surface area (Å²) in [6.07, 6.45) is 0. The fourth-order valence-electron chi connectivity index (χ4n) is 0.854. The highest BCUT2D eigenvalue weighted by atomic mass is 32.1. The lowest BCUT2D eigenvalue weighted by molar-refractivity contribution is 0.0533. The first kappa shape index (κ1) is 10.8. The van der Waals surface area contributed by atoms with Gasteiger partial charge in [0.2, 0.25) is 0 Å². The molecule has 1 heterocycles. The Bertz CT molecular complexity index is 335. The Morgan fingerprint density at radius 2 is 2.29 bits per heavy atom. The number of rotatable bonds is 3. The number of nitrogens with two attached hydrogens (primary N) is 1. The summed E-state index contributed by atoms with van der Waals surface area (Å²) in [5.74, 6) is -0.173. The van der Waals surface area contributed by atoms with E-state index in [1.54, 1.807) is 11.8 Å². The van der Waals surface area contributed by atoms with Crippen LogP contribution in [0.15, 0.2) is 0 Å². The van der Waals surface area contributed by atoms with E-state index in [9.17, 15) is 4.79 Å². The first-order chi connectivity index (χ1) is 6.56. The number of carbonyl (C=O) groups is 1. The summed E-state index contributed by atoms with van der Waals surface area (Å²) in [4.78, 5) is 17.6. The van der Waals surface area contributed by atoms with Crippen molar-refractivity contribution in [2.75, 3.05) is 31.3 Å². The number of anilines is 2. The Labute approximate surface area is 86.5 Å². The van der Waals surface area contributed by atoms with Gasteiger partial charge < -0.3 is 15.4 Å². The van der Waals surface area contributed by atoms with Crippen molar-refractivity contribution >= 4 is 28.3 Å². The normalized spacial score (nSPS) is 9.93. The lowest BCUT2D eigenvalue weighted by Crippen LogP contribution is -2.07. The highest BCUT2D eigenvalue weighted by Crippen LogP contribution is 2.27. The van der Waals surface area contributed by atoms with Crippen LogP contribution in [0.3, 0.4) is 0 Å². The third-order valence-corrected chi connectivity index (χ3v) is 2.70. The third kappa shape index (κ3) is 2.14. The number of nitrogens with zero attached hydrogens (tertiary/aromatic N) is 2. The Hall–Kier alpha value is -1.30. The van der Waals surface area contributed by atoms with Crippen LogP contribution >= 0.6 is 11.3 Å². The summed E-state index contributed by atoms with van der Waals surface area (Å²) >= 11 is 1.23. The standard InChI is InChI=1S/C8H13N3O2S/c1-4-13-7(12)5-6(9)10-8(14-5)11(2)3/h4,9H2,1-3H3. The van der Waals surface area contributed by atoms with Gasteiger partial charge in [-0.3, -0.25) is 0 Å². The Balaban J connectivity index is 2.92. The minimum atomic E-state index is -0.407. The van der Waals surface area contributed by atoms with E-state index in [1.165, 1.54) is 11.3 Å². The number of hydrogen-bond acceptors (Lipinski definition) is 6. The molecule has 0 saturated carbocycles. The first-order valence-corrected chi connectivity index (χ1v) is 4.98. The molecule has 1 aromatic rings. The second-order valence-electron chi connectivity index (χ2n) is 2.83. The zero-order valence-electron chi connectivity index (χ0n) is 8.40. The van der Waals surface area contributed by atoms with Gasteiger partial charge in [0.25, 0.3) is 0 Å². The van der Waals surface area contributed by atoms with Gasteiger partial charge in [-0.05, 0) is 6.92 Å². The van der Waals surface area contributed by atoms with Gasteiger partial charge >= 0.3 is 5.97 Å². The molecule has 0 atom stereocenters. The summed E-state index contributed by atoms with van der Waals surface area (Å²) in [5.41, 5.74) is 5.58. The summed E-state index contributed by atoms with van der Waals surface area (Å²) in [5, 5.41) is 0.700. The highest BCUT2D eigenvalue weighted by Gasteiger charge is 2.17. The number of aromatic nitrogens is 1. The van der Waals surface area contributed by atoms with Crippen LogP contribution in [0.2, 0.25) is 0 Å². The molecule has 0 saturated heterocycles. The quantitative estimate of drug-likeness (QED) is 0.761. The fraction of sp³-hybridized carbons (Fsp3) is 0.500. The topological polar surface area (TPSA) is 68.5 Å². The predicted molar refractivity (Wildman–Crippen MR) is 56.8 cm³/mol. The number of esters is 1. The molecule has 0 aliphatic rings. The van der Waals surface area contributed by atoms with Crippen LogP contribution in [0.25, 0.3) is 0 Å². The second-order valence-corrected chi connectivity index (χ2v) is 3.80. The van der Waals surface area contributed by atoms with Crippen LogP contribution in [-0.4, -0.2) is 31.7 Å². The molecule has 2 N–H and O–H groups in total. The molecule has 0 aliphatic heterocycles. The minimum Gasteiger partial charge on any atom is -0.462 e. The van der Waals surface area contributed by atoms with Gasteiger partial charge in [-0.1, -0.05) is 11.3 Å². The monoisotopic (exact) mass is 215 g/mol. The van der Waals surface area contributed by atoms with E-state index in [1.807, 2.05) is 14.1 Å². The molecular weight excluding hydrogens is 202 g/mol. The SMILES string of the molecule is CCOC(=O)c1sc(N(C)C)nc1N. The average Bonchev–Trinajstić information content (AvgIpc) is 2.48. The molecule has 0 fully saturated rings. The van der Waals surface area contributed by atoms with E-state index >= 15 is 0 Å². The maximum absolute atomic E-state index is 11.4. The molecule has 0 amide bonds. The molecule has 0 unspecified atom stereocenters. The average molecular weight is 215 g/mol. The van der Waals surface area contributed by atoms with Gasteiger partial charge in [0, 0.05) is 14.1 Å². The Kier molecular flexibility index (Phi) is 3.29. The van der Waals surface area contributed by atoms with Crippen molar-refractivity contribution in [3.05, 3.63) is 4.88 Å². The van der Waals surface area contributed by atoms with Crippen LogP contribution in [0.1, 0.15) is 16.6 Å². The van der Waals surface area contributed by atoms with Crippen molar-refractivity contribution in [1.29, 1.82) is 0 Å². The zero-order valence-corrected chi connectivity index (χ0v) is 9.22. The van der Waals surface area contributed by atoms with Crippen molar-refractivity contribution in [3.8, 4) is 0 Å². The van der Waals surface area contributed by atoms with E-state index in [0.29, 0.717) is 16.6 Å². The van der Waals surface area contributed by atoms with Crippen molar-refractivity contribution in [3.63, 3.8) is 0 Å². The fourth-order valence-corrected chi connectivity index (χ4v) is 1.66. The number of carbonyl (C=O) groups excluding carboxylic acids is 1. The first-order valence-electron chi connectivity index (χ1n) is 4.17. The number of hydrogen-bond donors (Lipinski definition) is 1. The van der Waals surface area contributed by atoms with Gasteiger partial charge in [-0.25, -0.2) is 9.78 Å². The molecular formula is C8H13N3O2S. The molecule has 78 valence electrons. The largest absolute Gasteiger partial charge is 0.462 e. The van der Waals surface area contributed by atoms with E-state index in [2.05, 4.69) is 4.98 Å². The van der Waals surface area contributed by atoms with Crippen LogP contribution in [0.5, 0.6) is 0 Å². The van der Waals surface area contributed by atoms with Gasteiger partial charge in [0.15, 0.2) is 15.8 Å². The van der Waals surface area contributed by atoms with E-state index in [4.69, 9.17) is 10.5 Å². The molecule has 0 aliphatic carbocycles. The van der Waals surface area contributed by atoms with Gasteiger partial charge in [0.05, 0.1) is 6.61 Å². The van der Waals surface area contributed by atoms with Crippen molar-refractivity contribution in [2.24, 2.45) is 0 Å². The van der Waals surface area contributed by atoms with Crippen molar-refractivity contribution in [2.45, 2.75) is 6.92 Å². The predicted octanol–water partition coefficient (Wildman–Crippen LogP) is 0.968. The maximum Gasteiger partial charge on any atom is 0.352 e. The molecule has 6 heteroatoms. The van der Waals surface area contributed by atoms with Crippen molar-refractivity contribution in [1.82, 2.24) is 4.98 Å². The molecule has 1 aromatic heterocycles. The van der Waals surface area contributed by atoms with Crippen LogP contribution in [0, 0.1) is 0 Å². The third-order valence-electron chi connectivity index (χ3n) is 1.49. The Morgan fingerprint density at radius 1 is 1.64 bits per heavy atom. The number of thiazole rings is 1. The number of ether oxygens (including phenoxy) is 1. The van der Waals surface area contributed by atoms with Gasteiger partial charge in [0.1, 0.15) is 0 Å². The lowest BCUT2D eigenvalue weighted by Gasteiger charge is -2.04. The van der Waals surface area contributed by atoms with Crippen LogP contribution < -0.4 is 10.6 Å². The van der Waals surface area contributed by atoms with E-state index < -0.39 is 5.97 Å². The van der Waals surface area contributed by atoms with Gasteiger partial charge in [-0.2, -0.15) is 0 Å². The lowest BCUT2D eigenvalue weighted by atomic mass is 10.5. The smallest absolute Gasteiger partial charge is 0.352 e. The Morgan fingerprint density at radius 3 is 2.71 bits per heavy atom. The molecule has 14 heavy (non-hydrogen) atoms. The van der Waals surface area contributed by atoms with Crippen molar-refractivity contribution < 1.29 is 9.53 Å². The van der Waals surface area contributed by atoms with E-state index in [-0.39, 0.29) is 5.82 Å². The molecule has 5 nitrogen and oxygen atoms in total. The maximum atomic E-state index is 11.4. The van der Waals surface area contributed by atoms with E-state index in [0.717, 1.165) is 0 Å². The molecule has 1 rings (SSSR count). The second kappa shape index (κ2) is 4.28. The summed E-state index contributed by atoms with van der Waals surface area (Å²) in [6.45, 7) is 2.09. The number of nitrogen functional groups attached to an aromatic ring is 1. The molecule has 0 aromatic carbocycles. The highest BCUT2D eigenvalue weighted by molar-refractivity contribution is 7.18. The van der Waals surface area contributed by atoms with Gasteiger partial charge in [-0.15, -0.1) is 0 Å². The minimum absolute atomic E-state index is 0.233. The summed E-state index contributed by atoms with van der Waals surface area (Å²) in [7, 11) is 3.68. The van der Waals surface area contributed by atoms with Crippen LogP contribution in [-0.2, 0) is 4.74 Å². The molecule has 0 bridgehead atoms. The van der Waals surface area contributed by atoms with Crippen LogP contribution in [0.4, 0.5) is 10.9 Å².